The van der Waals surface area contributed by atoms with E-state index in [-0.39, 0.29) is 12.4 Å². The van der Waals surface area contributed by atoms with Gasteiger partial charge in [0.25, 0.3) is 0 Å². The van der Waals surface area contributed by atoms with E-state index in [0.29, 0.717) is 0 Å². The molecule has 0 unspecified atom stereocenters. The van der Waals surface area contributed by atoms with Crippen molar-refractivity contribution in [3.05, 3.63) is 27.1 Å². The third kappa shape index (κ3) is 1.59. The highest BCUT2D eigenvalue weighted by Crippen LogP contribution is 2.39. The van der Waals surface area contributed by atoms with Crippen LogP contribution in [0.2, 0.25) is 0 Å². The molecule has 0 aliphatic heterocycles. The second-order valence-corrected chi connectivity index (χ2v) is 5.62. The molecule has 0 amide bonds. The first-order valence-electron chi connectivity index (χ1n) is 5.39. The van der Waals surface area contributed by atoms with Crippen LogP contribution in [0.1, 0.15) is 27.3 Å². The maximum Gasteiger partial charge on any atom is 0.0696 e. The smallest absolute Gasteiger partial charge is 0.0696 e. The first-order chi connectivity index (χ1) is 7.27. The molecule has 3 rings (SSSR count). The Bertz CT molecular complexity index is 513. The molecule has 2 aromatic heterocycles. The minimum atomic E-state index is 0. The van der Waals surface area contributed by atoms with Crippen LogP contribution in [0.4, 0.5) is 0 Å². The van der Waals surface area contributed by atoms with E-state index in [1.54, 1.807) is 5.56 Å². The number of fused-ring (bicyclic) bond motifs is 3. The van der Waals surface area contributed by atoms with Gasteiger partial charge in [-0.25, -0.2) is 0 Å². The third-order valence-electron chi connectivity index (χ3n) is 3.23. The maximum absolute atomic E-state index is 4.17. The molecule has 2 aromatic rings. The highest BCUT2D eigenvalue weighted by atomic mass is 35.5. The van der Waals surface area contributed by atoms with E-state index >= 15 is 0 Å². The first-order valence-corrected chi connectivity index (χ1v) is 6.20. The van der Waals surface area contributed by atoms with Gasteiger partial charge < -0.3 is 0 Å². The number of hydrogen-bond acceptors (Lipinski definition) is 2. The van der Waals surface area contributed by atoms with Crippen molar-refractivity contribution in [1.82, 2.24) is 10.2 Å². The number of aryl methyl sites for hydroxylation is 3. The molecular weight excluding hydrogens is 240 g/mol. The Morgan fingerprint density at radius 3 is 2.88 bits per heavy atom. The van der Waals surface area contributed by atoms with E-state index in [9.17, 15) is 0 Å². The maximum atomic E-state index is 4.17. The van der Waals surface area contributed by atoms with Gasteiger partial charge in [0, 0.05) is 15.3 Å². The number of nitrogens with zero attached hydrogens (tertiary/aromatic N) is 1. The van der Waals surface area contributed by atoms with Gasteiger partial charge in [-0.1, -0.05) is 0 Å². The predicted molar refractivity (Wildman–Crippen MR) is 70.6 cm³/mol. The highest BCUT2D eigenvalue weighted by molar-refractivity contribution is 7.12. The lowest BCUT2D eigenvalue weighted by atomic mass is 10.0. The van der Waals surface area contributed by atoms with E-state index in [4.69, 9.17) is 0 Å². The standard InChI is InChI=1S/C12H14N2S.ClH/c1-7-10-5-3-4-9-6-13-14-12(9)11(10)8(2)15-7;/h6H,3-5H2,1-2H3,(H,13,14);1H. The molecule has 1 aliphatic carbocycles. The molecule has 2 heterocycles. The van der Waals surface area contributed by atoms with Crippen molar-refractivity contribution in [2.24, 2.45) is 0 Å². The van der Waals surface area contributed by atoms with Gasteiger partial charge in [0.05, 0.1) is 11.9 Å². The van der Waals surface area contributed by atoms with Gasteiger partial charge in [-0.05, 0) is 44.2 Å². The number of halogens is 1. The van der Waals surface area contributed by atoms with Gasteiger partial charge in [0.2, 0.25) is 0 Å². The molecule has 16 heavy (non-hydrogen) atoms. The van der Waals surface area contributed by atoms with Crippen LogP contribution in [0.15, 0.2) is 6.20 Å². The Morgan fingerprint density at radius 2 is 2.06 bits per heavy atom. The summed E-state index contributed by atoms with van der Waals surface area (Å²) in [7, 11) is 0. The lowest BCUT2D eigenvalue weighted by Crippen LogP contribution is -1.86. The number of hydrogen-bond donors (Lipinski definition) is 1. The van der Waals surface area contributed by atoms with Crippen LogP contribution >= 0.6 is 23.7 Å². The summed E-state index contributed by atoms with van der Waals surface area (Å²) in [6, 6.07) is 0. The van der Waals surface area contributed by atoms with Crippen molar-refractivity contribution >= 4 is 23.7 Å². The van der Waals surface area contributed by atoms with Crippen molar-refractivity contribution in [1.29, 1.82) is 0 Å². The van der Waals surface area contributed by atoms with Crippen molar-refractivity contribution in [3.8, 4) is 11.3 Å². The number of thiophene rings is 1. The molecule has 0 spiro atoms. The van der Waals surface area contributed by atoms with E-state index in [0.717, 1.165) is 6.42 Å². The molecule has 0 atom stereocenters. The number of nitrogens with one attached hydrogen (secondary N) is 1. The Balaban J connectivity index is 0.000000963. The van der Waals surface area contributed by atoms with Crippen LogP contribution in [0.25, 0.3) is 11.3 Å². The SMILES string of the molecule is Cc1sc(C)c2c1CCCc1cn[nH]c1-2.Cl. The quantitative estimate of drug-likeness (QED) is 0.764. The van der Waals surface area contributed by atoms with Crippen molar-refractivity contribution in [2.45, 2.75) is 33.1 Å². The molecule has 4 heteroatoms. The van der Waals surface area contributed by atoms with Crippen LogP contribution in [0.3, 0.4) is 0 Å². The molecule has 1 aliphatic rings. The van der Waals surface area contributed by atoms with Crippen LogP contribution in [0, 0.1) is 13.8 Å². The zero-order valence-corrected chi connectivity index (χ0v) is 11.1. The van der Waals surface area contributed by atoms with Crippen molar-refractivity contribution < 1.29 is 0 Å². The van der Waals surface area contributed by atoms with E-state index < -0.39 is 0 Å². The summed E-state index contributed by atoms with van der Waals surface area (Å²) in [6.07, 6.45) is 5.60. The molecule has 0 fully saturated rings. The first kappa shape index (κ1) is 11.7. The molecule has 2 nitrogen and oxygen atoms in total. The zero-order chi connectivity index (χ0) is 10.4. The second-order valence-electron chi connectivity index (χ2n) is 4.19. The van der Waals surface area contributed by atoms with Crippen LogP contribution in [0.5, 0.6) is 0 Å². The lowest BCUT2D eigenvalue weighted by Gasteiger charge is -2.01. The van der Waals surface area contributed by atoms with E-state index in [1.165, 1.54) is 39.4 Å². The van der Waals surface area contributed by atoms with Gasteiger partial charge >= 0.3 is 0 Å². The number of H-pyrrole nitrogens is 1. The van der Waals surface area contributed by atoms with Gasteiger partial charge in [0.1, 0.15) is 0 Å². The largest absolute Gasteiger partial charge is 0.278 e. The van der Waals surface area contributed by atoms with Gasteiger partial charge in [-0.15, -0.1) is 23.7 Å². The molecular formula is C12H15ClN2S. The minimum absolute atomic E-state index is 0. The van der Waals surface area contributed by atoms with Crippen LogP contribution in [-0.4, -0.2) is 10.2 Å². The van der Waals surface area contributed by atoms with Crippen LogP contribution < -0.4 is 0 Å². The van der Waals surface area contributed by atoms with Crippen molar-refractivity contribution in [2.75, 3.05) is 0 Å². The number of rotatable bonds is 0. The summed E-state index contributed by atoms with van der Waals surface area (Å²) < 4.78 is 0. The Labute approximate surface area is 105 Å². The zero-order valence-electron chi connectivity index (χ0n) is 9.46. The molecule has 0 bridgehead atoms. The monoisotopic (exact) mass is 254 g/mol. The fraction of sp³-hybridized carbons (Fsp3) is 0.417. The average Bonchev–Trinajstić information content (AvgIpc) is 2.68. The fourth-order valence-corrected chi connectivity index (χ4v) is 3.65. The summed E-state index contributed by atoms with van der Waals surface area (Å²) in [5, 5.41) is 7.34. The fourth-order valence-electron chi connectivity index (χ4n) is 2.53. The average molecular weight is 255 g/mol. The summed E-state index contributed by atoms with van der Waals surface area (Å²) in [6.45, 7) is 4.45. The molecule has 0 saturated carbocycles. The molecule has 1 N–H and O–H groups in total. The summed E-state index contributed by atoms with van der Waals surface area (Å²) in [5.74, 6) is 0. The second kappa shape index (κ2) is 4.22. The lowest BCUT2D eigenvalue weighted by molar-refractivity contribution is 0.832. The van der Waals surface area contributed by atoms with Crippen molar-refractivity contribution in [3.63, 3.8) is 0 Å². The number of aromatic nitrogens is 2. The summed E-state index contributed by atoms with van der Waals surface area (Å²) >= 11 is 1.91. The molecule has 0 radical (unpaired) electrons. The normalized spacial score (nSPS) is 13.6. The number of aromatic amines is 1. The molecule has 86 valence electrons. The van der Waals surface area contributed by atoms with Crippen LogP contribution in [-0.2, 0) is 12.8 Å². The predicted octanol–water partition coefficient (Wildman–Crippen LogP) is 3.67. The summed E-state index contributed by atoms with van der Waals surface area (Å²) in [4.78, 5) is 2.90. The van der Waals surface area contributed by atoms with Gasteiger partial charge in [-0.2, -0.15) is 5.10 Å². The molecule has 0 aromatic carbocycles. The molecule has 0 saturated heterocycles. The minimum Gasteiger partial charge on any atom is -0.278 e. The van der Waals surface area contributed by atoms with Gasteiger partial charge in [-0.3, -0.25) is 5.10 Å². The topological polar surface area (TPSA) is 28.7 Å². The highest BCUT2D eigenvalue weighted by Gasteiger charge is 2.21. The Hall–Kier alpha value is -0.800. The summed E-state index contributed by atoms with van der Waals surface area (Å²) in [5.41, 5.74) is 5.63. The van der Waals surface area contributed by atoms with E-state index in [1.807, 2.05) is 17.5 Å². The third-order valence-corrected chi connectivity index (χ3v) is 4.29. The van der Waals surface area contributed by atoms with Gasteiger partial charge in [0.15, 0.2) is 0 Å². The Morgan fingerprint density at radius 1 is 1.25 bits per heavy atom. The van der Waals surface area contributed by atoms with E-state index in [2.05, 4.69) is 24.0 Å². The Kier molecular flexibility index (Phi) is 3.08.